The van der Waals surface area contributed by atoms with Crippen LogP contribution in [0.4, 0.5) is 61.5 Å². The van der Waals surface area contributed by atoms with E-state index in [2.05, 4.69) is 4.74 Å². The molecule has 0 rings (SSSR count). The van der Waals surface area contributed by atoms with E-state index in [0.717, 1.165) is 0 Å². The third-order valence-electron chi connectivity index (χ3n) is 3.45. The van der Waals surface area contributed by atoms with Gasteiger partial charge in [0.15, 0.2) is 0 Å². The maximum atomic E-state index is 13.3. The molecule has 2 N–H and O–H groups in total. The van der Waals surface area contributed by atoms with Gasteiger partial charge in [-0.05, 0) is 0 Å². The molecule has 0 bridgehead atoms. The highest BCUT2D eigenvalue weighted by atomic mass is 19.4. The fourth-order valence-electron chi connectivity index (χ4n) is 1.89. The molecule has 0 spiro atoms. The summed E-state index contributed by atoms with van der Waals surface area (Å²) in [6, 6.07) is 0. The molecule has 0 saturated carbocycles. The summed E-state index contributed by atoms with van der Waals surface area (Å²) in [4.78, 5) is 0. The Kier molecular flexibility index (Phi) is 8.24. The van der Waals surface area contributed by atoms with Gasteiger partial charge in [-0.15, -0.1) is 0 Å². The Bertz CT molecular complexity index is 446. The zero-order valence-electron chi connectivity index (χ0n) is 13.6. The van der Waals surface area contributed by atoms with Gasteiger partial charge < -0.3 is 14.9 Å². The van der Waals surface area contributed by atoms with Crippen LogP contribution in [-0.4, -0.2) is 71.7 Å². The van der Waals surface area contributed by atoms with Gasteiger partial charge in [-0.3, -0.25) is 0 Å². The first-order valence-corrected chi connectivity index (χ1v) is 7.08. The molecule has 17 heteroatoms. The summed E-state index contributed by atoms with van der Waals surface area (Å²) in [5.74, 6) is 0. The summed E-state index contributed by atoms with van der Waals surface area (Å²) in [7, 11) is 0. The molecule has 3 nitrogen and oxygen atoms in total. The van der Waals surface area contributed by atoms with Crippen molar-refractivity contribution in [1.29, 1.82) is 0 Å². The zero-order chi connectivity index (χ0) is 23.7. The van der Waals surface area contributed by atoms with Crippen LogP contribution in [0.15, 0.2) is 0 Å². The maximum absolute atomic E-state index is 13.3. The number of rotatable bonds is 8. The second-order valence-electron chi connectivity index (χ2n) is 5.85. The minimum atomic E-state index is -6.53. The minimum absolute atomic E-state index is 1.66. The number of halogens is 14. The monoisotopic (exact) mass is 470 g/mol. The largest absolute Gasteiger partial charge is 0.431 e. The first kappa shape index (κ1) is 27.9. The first-order valence-electron chi connectivity index (χ1n) is 7.08. The van der Waals surface area contributed by atoms with Gasteiger partial charge in [0.2, 0.25) is 0 Å². The third kappa shape index (κ3) is 6.44. The van der Waals surface area contributed by atoms with Crippen LogP contribution in [0.25, 0.3) is 0 Å². The van der Waals surface area contributed by atoms with E-state index in [4.69, 9.17) is 10.2 Å². The van der Waals surface area contributed by atoms with Gasteiger partial charge in [0.25, 0.3) is 0 Å². The maximum Gasteiger partial charge on any atom is 0.431 e. The lowest BCUT2D eigenvalue weighted by atomic mass is 9.96. The fourth-order valence-corrected chi connectivity index (χ4v) is 1.89. The summed E-state index contributed by atoms with van der Waals surface area (Å²) in [5, 5.41) is 18.1. The molecule has 0 aliphatic heterocycles. The topological polar surface area (TPSA) is 49.7 Å². The lowest BCUT2D eigenvalue weighted by Gasteiger charge is -2.32. The van der Waals surface area contributed by atoms with Crippen LogP contribution in [0, 0.1) is 0 Å². The van der Waals surface area contributed by atoms with Crippen molar-refractivity contribution < 1.29 is 76.4 Å². The Labute approximate surface area is 152 Å². The smallest absolute Gasteiger partial charge is 0.391 e. The van der Waals surface area contributed by atoms with Gasteiger partial charge in [0, 0.05) is 12.8 Å². The molecule has 2 atom stereocenters. The Morgan fingerprint density at radius 3 is 0.862 bits per heavy atom. The Morgan fingerprint density at radius 2 is 0.690 bits per heavy atom. The van der Waals surface area contributed by atoms with E-state index in [9.17, 15) is 61.5 Å². The molecule has 0 aromatic carbocycles. The number of alkyl halides is 14. The van der Waals surface area contributed by atoms with E-state index < -0.39 is 74.3 Å². The molecule has 0 aromatic rings. The molecule has 0 amide bonds. The van der Waals surface area contributed by atoms with Crippen LogP contribution in [0.5, 0.6) is 0 Å². The van der Waals surface area contributed by atoms with Gasteiger partial charge in [-0.1, -0.05) is 0 Å². The predicted molar refractivity (Wildman–Crippen MR) is 64.0 cm³/mol. The van der Waals surface area contributed by atoms with Crippen LogP contribution >= 0.6 is 0 Å². The molecule has 0 aliphatic rings. The molecule has 0 fully saturated rings. The van der Waals surface area contributed by atoms with Crippen LogP contribution < -0.4 is 0 Å². The standard InChI is InChI=1S/C12H12F14O3/c13-7(9(15,16)17,10(18,19)20)1-5(27)3-29-4-6(28)2-8(14,11(21,22)23)12(24,25)26/h5-6,27-28H,1-4H2. The summed E-state index contributed by atoms with van der Waals surface area (Å²) >= 11 is 0. The number of ether oxygens (including phenoxy) is 1. The summed E-state index contributed by atoms with van der Waals surface area (Å²) in [6.45, 7) is -3.32. The molecule has 29 heavy (non-hydrogen) atoms. The third-order valence-corrected chi connectivity index (χ3v) is 3.45. The SMILES string of the molecule is OC(COCC(O)CC(F)(C(F)(F)F)C(F)(F)F)CC(F)(C(F)(F)F)C(F)(F)F. The molecule has 0 aromatic heterocycles. The predicted octanol–water partition coefficient (Wildman–Crippen LogP) is 4.17. The minimum Gasteiger partial charge on any atom is -0.391 e. The molecule has 176 valence electrons. The molecule has 0 saturated heterocycles. The van der Waals surface area contributed by atoms with Crippen molar-refractivity contribution in [3.05, 3.63) is 0 Å². The number of aliphatic hydroxyl groups excluding tert-OH is 2. The molecule has 0 radical (unpaired) electrons. The second kappa shape index (κ2) is 8.56. The average Bonchev–Trinajstić information content (AvgIpc) is 2.41. The van der Waals surface area contributed by atoms with Gasteiger partial charge in [0.05, 0.1) is 25.4 Å². The molecular formula is C12H12F14O3. The Hall–Kier alpha value is -1.10. The van der Waals surface area contributed by atoms with Gasteiger partial charge >= 0.3 is 36.0 Å². The highest BCUT2D eigenvalue weighted by molar-refractivity contribution is 4.97. The Balaban J connectivity index is 4.96. The number of hydrogen-bond donors (Lipinski definition) is 2. The average molecular weight is 470 g/mol. The van der Waals surface area contributed by atoms with Crippen LogP contribution in [-0.2, 0) is 4.74 Å². The van der Waals surface area contributed by atoms with E-state index in [1.807, 2.05) is 0 Å². The molecule has 0 aliphatic carbocycles. The van der Waals surface area contributed by atoms with E-state index in [1.54, 1.807) is 0 Å². The number of aliphatic hydroxyl groups is 2. The lowest BCUT2D eigenvalue weighted by Crippen LogP contribution is -2.55. The summed E-state index contributed by atoms with van der Waals surface area (Å²) in [5.41, 5.74) is -11.8. The molecular weight excluding hydrogens is 458 g/mol. The van der Waals surface area contributed by atoms with Crippen LogP contribution in [0.1, 0.15) is 12.8 Å². The van der Waals surface area contributed by atoms with Crippen molar-refractivity contribution in [3.8, 4) is 0 Å². The van der Waals surface area contributed by atoms with Gasteiger partial charge in [-0.25, -0.2) is 8.78 Å². The first-order chi connectivity index (χ1) is 12.5. The van der Waals surface area contributed by atoms with E-state index in [1.165, 1.54) is 0 Å². The zero-order valence-corrected chi connectivity index (χ0v) is 13.6. The van der Waals surface area contributed by atoms with E-state index >= 15 is 0 Å². The van der Waals surface area contributed by atoms with Crippen molar-refractivity contribution in [1.82, 2.24) is 0 Å². The second-order valence-corrected chi connectivity index (χ2v) is 5.85. The van der Waals surface area contributed by atoms with E-state index in [0.29, 0.717) is 0 Å². The van der Waals surface area contributed by atoms with Crippen molar-refractivity contribution in [3.63, 3.8) is 0 Å². The highest BCUT2D eigenvalue weighted by Crippen LogP contribution is 2.50. The quantitative estimate of drug-likeness (QED) is 0.524. The van der Waals surface area contributed by atoms with Gasteiger partial charge in [-0.2, -0.15) is 52.7 Å². The highest BCUT2D eigenvalue weighted by Gasteiger charge is 2.73. The fraction of sp³-hybridized carbons (Fsp3) is 1.00. The normalized spacial score (nSPS) is 17.4. The lowest BCUT2D eigenvalue weighted by molar-refractivity contribution is -0.348. The van der Waals surface area contributed by atoms with Crippen molar-refractivity contribution >= 4 is 0 Å². The summed E-state index contributed by atoms with van der Waals surface area (Å²) in [6.07, 6.45) is -37.2. The van der Waals surface area contributed by atoms with Gasteiger partial charge in [0.1, 0.15) is 0 Å². The van der Waals surface area contributed by atoms with Crippen molar-refractivity contribution in [2.24, 2.45) is 0 Å². The van der Waals surface area contributed by atoms with Crippen molar-refractivity contribution in [2.45, 2.75) is 61.1 Å². The van der Waals surface area contributed by atoms with E-state index in [-0.39, 0.29) is 0 Å². The van der Waals surface area contributed by atoms with Crippen LogP contribution in [0.3, 0.4) is 0 Å². The Morgan fingerprint density at radius 1 is 0.483 bits per heavy atom. The van der Waals surface area contributed by atoms with Crippen molar-refractivity contribution in [2.75, 3.05) is 13.2 Å². The molecule has 2 unspecified atom stereocenters. The van der Waals surface area contributed by atoms with Crippen LogP contribution in [0.2, 0.25) is 0 Å². The number of hydrogen-bond acceptors (Lipinski definition) is 3. The molecule has 0 heterocycles. The summed E-state index contributed by atoms with van der Waals surface area (Å²) < 4.78 is 178.